The van der Waals surface area contributed by atoms with E-state index < -0.39 is 0 Å². The maximum atomic E-state index is 11.7. The number of piperidine rings is 1. The maximum absolute atomic E-state index is 11.7. The summed E-state index contributed by atoms with van der Waals surface area (Å²) in [5, 5.41) is 6.02. The second kappa shape index (κ2) is 11.3. The van der Waals surface area contributed by atoms with Gasteiger partial charge in [0.15, 0.2) is 5.96 Å². The van der Waals surface area contributed by atoms with E-state index in [4.69, 9.17) is 9.47 Å². The Morgan fingerprint density at radius 1 is 1.27 bits per heavy atom. The van der Waals surface area contributed by atoms with Crippen molar-refractivity contribution in [1.82, 2.24) is 15.5 Å². The van der Waals surface area contributed by atoms with Gasteiger partial charge < -0.3 is 25.0 Å². The van der Waals surface area contributed by atoms with Gasteiger partial charge in [-0.05, 0) is 26.7 Å². The predicted octanol–water partition coefficient (Wildman–Crippen LogP) is 0.215. The average Bonchev–Trinajstić information content (AvgIpc) is 2.53. The van der Waals surface area contributed by atoms with Crippen LogP contribution in [0.2, 0.25) is 0 Å². The number of hydrogen-bond donors (Lipinski definition) is 2. The second-order valence-electron chi connectivity index (χ2n) is 5.15. The van der Waals surface area contributed by atoms with Crippen LogP contribution < -0.4 is 10.6 Å². The first-order chi connectivity index (χ1) is 10.7. The lowest BCUT2D eigenvalue weighted by Gasteiger charge is -2.34. The number of guanidine groups is 1. The standard InChI is InChI=1S/C15H30N4O3/c1-4-16-15(18-12-14(20)17-8-11-21-3)19-9-6-13(7-10-19)22-5-2/h13H,4-12H2,1-3H3,(H,16,18)(H,17,20). The zero-order chi connectivity index (χ0) is 16.2. The van der Waals surface area contributed by atoms with E-state index >= 15 is 0 Å². The third-order valence-corrected chi connectivity index (χ3v) is 3.48. The van der Waals surface area contributed by atoms with Crippen LogP contribution in [-0.2, 0) is 14.3 Å². The number of carbonyl (C=O) groups is 1. The molecule has 0 aromatic heterocycles. The minimum Gasteiger partial charge on any atom is -0.383 e. The lowest BCUT2D eigenvalue weighted by Crippen LogP contribution is -2.47. The fourth-order valence-electron chi connectivity index (χ4n) is 2.39. The number of methoxy groups -OCH3 is 1. The van der Waals surface area contributed by atoms with E-state index in [1.165, 1.54) is 0 Å². The summed E-state index contributed by atoms with van der Waals surface area (Å²) < 4.78 is 10.6. The Balaban J connectivity index is 2.43. The van der Waals surface area contributed by atoms with Crippen molar-refractivity contribution in [3.8, 4) is 0 Å². The van der Waals surface area contributed by atoms with E-state index in [-0.39, 0.29) is 12.5 Å². The molecule has 0 aromatic rings. The van der Waals surface area contributed by atoms with Gasteiger partial charge in [0.25, 0.3) is 0 Å². The van der Waals surface area contributed by atoms with Crippen molar-refractivity contribution >= 4 is 11.9 Å². The molecule has 1 aliphatic rings. The van der Waals surface area contributed by atoms with Crippen molar-refractivity contribution in [3.63, 3.8) is 0 Å². The molecule has 7 heteroatoms. The van der Waals surface area contributed by atoms with Crippen LogP contribution in [0.3, 0.4) is 0 Å². The molecule has 0 spiro atoms. The summed E-state index contributed by atoms with van der Waals surface area (Å²) in [6.07, 6.45) is 2.35. The molecule has 0 bridgehead atoms. The zero-order valence-electron chi connectivity index (χ0n) is 14.1. The van der Waals surface area contributed by atoms with Crippen LogP contribution in [-0.4, -0.2) is 75.9 Å². The third kappa shape index (κ3) is 7.09. The smallest absolute Gasteiger partial charge is 0.241 e. The molecule has 1 fully saturated rings. The van der Waals surface area contributed by atoms with Crippen molar-refractivity contribution in [2.24, 2.45) is 4.99 Å². The number of aliphatic imine (C=N–C) groups is 1. The number of likely N-dealkylation sites (tertiary alicyclic amines) is 1. The van der Waals surface area contributed by atoms with Crippen molar-refractivity contribution in [2.75, 3.05) is 53.0 Å². The molecule has 0 radical (unpaired) electrons. The first-order valence-electron chi connectivity index (χ1n) is 8.11. The number of nitrogens with zero attached hydrogens (tertiary/aromatic N) is 2. The monoisotopic (exact) mass is 314 g/mol. The second-order valence-corrected chi connectivity index (χ2v) is 5.15. The fourth-order valence-corrected chi connectivity index (χ4v) is 2.39. The highest BCUT2D eigenvalue weighted by molar-refractivity contribution is 5.85. The first kappa shape index (κ1) is 18.7. The van der Waals surface area contributed by atoms with Crippen molar-refractivity contribution in [2.45, 2.75) is 32.8 Å². The van der Waals surface area contributed by atoms with E-state index in [0.29, 0.717) is 19.3 Å². The van der Waals surface area contributed by atoms with Crippen LogP contribution in [0.4, 0.5) is 0 Å². The molecule has 0 atom stereocenters. The SMILES string of the molecule is CCNC(=NCC(=O)NCCOC)N1CCC(OCC)CC1. The molecule has 1 amide bonds. The molecular weight excluding hydrogens is 284 g/mol. The molecule has 0 saturated carbocycles. The predicted molar refractivity (Wildman–Crippen MR) is 87.1 cm³/mol. The van der Waals surface area contributed by atoms with E-state index in [1.54, 1.807) is 7.11 Å². The minimum absolute atomic E-state index is 0.0864. The third-order valence-electron chi connectivity index (χ3n) is 3.48. The Labute approximate surface area is 133 Å². The highest BCUT2D eigenvalue weighted by Crippen LogP contribution is 2.13. The van der Waals surface area contributed by atoms with Gasteiger partial charge in [-0.3, -0.25) is 4.79 Å². The largest absolute Gasteiger partial charge is 0.383 e. The molecule has 1 aliphatic heterocycles. The van der Waals surface area contributed by atoms with Crippen LogP contribution in [0.1, 0.15) is 26.7 Å². The van der Waals surface area contributed by atoms with Crippen LogP contribution >= 0.6 is 0 Å². The van der Waals surface area contributed by atoms with Crippen LogP contribution in [0, 0.1) is 0 Å². The average molecular weight is 314 g/mol. The topological polar surface area (TPSA) is 75.2 Å². The number of ether oxygens (including phenoxy) is 2. The van der Waals surface area contributed by atoms with Crippen molar-refractivity contribution in [3.05, 3.63) is 0 Å². The molecule has 0 aliphatic carbocycles. The fraction of sp³-hybridized carbons (Fsp3) is 0.867. The van der Waals surface area contributed by atoms with Crippen LogP contribution in [0.5, 0.6) is 0 Å². The maximum Gasteiger partial charge on any atom is 0.241 e. The number of rotatable bonds is 8. The van der Waals surface area contributed by atoms with Gasteiger partial charge in [0.1, 0.15) is 6.54 Å². The molecule has 1 rings (SSSR count). The molecule has 1 saturated heterocycles. The van der Waals surface area contributed by atoms with Gasteiger partial charge in [0, 0.05) is 39.9 Å². The van der Waals surface area contributed by atoms with Gasteiger partial charge in [-0.25, -0.2) is 4.99 Å². The molecule has 22 heavy (non-hydrogen) atoms. The van der Waals surface area contributed by atoms with Gasteiger partial charge in [-0.2, -0.15) is 0 Å². The Hall–Kier alpha value is -1.34. The van der Waals surface area contributed by atoms with E-state index in [0.717, 1.165) is 45.0 Å². The van der Waals surface area contributed by atoms with Gasteiger partial charge in [-0.1, -0.05) is 0 Å². The van der Waals surface area contributed by atoms with E-state index in [2.05, 4.69) is 20.5 Å². The zero-order valence-corrected chi connectivity index (χ0v) is 14.1. The highest BCUT2D eigenvalue weighted by atomic mass is 16.5. The molecule has 7 nitrogen and oxygen atoms in total. The lowest BCUT2D eigenvalue weighted by molar-refractivity contribution is -0.119. The molecule has 2 N–H and O–H groups in total. The summed E-state index contributed by atoms with van der Waals surface area (Å²) in [5.74, 6) is 0.719. The summed E-state index contributed by atoms with van der Waals surface area (Å²) in [4.78, 5) is 18.3. The normalized spacial score (nSPS) is 16.7. The Morgan fingerprint density at radius 2 is 2.00 bits per heavy atom. The van der Waals surface area contributed by atoms with Gasteiger partial charge >= 0.3 is 0 Å². The van der Waals surface area contributed by atoms with Crippen molar-refractivity contribution in [1.29, 1.82) is 0 Å². The summed E-state index contributed by atoms with van der Waals surface area (Å²) in [5.41, 5.74) is 0. The number of hydrogen-bond acceptors (Lipinski definition) is 4. The molecule has 0 aromatic carbocycles. The molecular formula is C15H30N4O3. The molecule has 128 valence electrons. The highest BCUT2D eigenvalue weighted by Gasteiger charge is 2.21. The molecule has 0 unspecified atom stereocenters. The first-order valence-corrected chi connectivity index (χ1v) is 8.11. The number of carbonyl (C=O) groups excluding carboxylic acids is 1. The van der Waals surface area contributed by atoms with E-state index in [1.807, 2.05) is 13.8 Å². The quantitative estimate of drug-likeness (QED) is 0.381. The summed E-state index contributed by atoms with van der Waals surface area (Å²) in [6.45, 7) is 8.58. The summed E-state index contributed by atoms with van der Waals surface area (Å²) >= 11 is 0. The Kier molecular flexibility index (Phi) is 9.57. The van der Waals surface area contributed by atoms with Gasteiger partial charge in [-0.15, -0.1) is 0 Å². The Bertz CT molecular complexity index is 342. The summed E-state index contributed by atoms with van der Waals surface area (Å²) in [6, 6.07) is 0. The van der Waals surface area contributed by atoms with Gasteiger partial charge in [0.2, 0.25) is 5.91 Å². The number of amides is 1. The summed E-state index contributed by atoms with van der Waals surface area (Å²) in [7, 11) is 1.61. The number of nitrogens with one attached hydrogen (secondary N) is 2. The van der Waals surface area contributed by atoms with Crippen LogP contribution in [0.15, 0.2) is 4.99 Å². The van der Waals surface area contributed by atoms with E-state index in [9.17, 15) is 4.79 Å². The molecule has 1 heterocycles. The lowest BCUT2D eigenvalue weighted by atomic mass is 10.1. The van der Waals surface area contributed by atoms with Crippen molar-refractivity contribution < 1.29 is 14.3 Å². The minimum atomic E-state index is -0.0864. The van der Waals surface area contributed by atoms with Gasteiger partial charge in [0.05, 0.1) is 12.7 Å². The Morgan fingerprint density at radius 3 is 2.59 bits per heavy atom. The van der Waals surface area contributed by atoms with Crippen LogP contribution in [0.25, 0.3) is 0 Å².